The molecule has 1 aromatic carbocycles. The molecule has 0 unspecified atom stereocenters. The third-order valence-electron chi connectivity index (χ3n) is 4.29. The van der Waals surface area contributed by atoms with Gasteiger partial charge in [-0.2, -0.15) is 0 Å². The molecule has 0 fully saturated rings. The number of anilines is 1. The van der Waals surface area contributed by atoms with Crippen LogP contribution in [0.25, 0.3) is 11.1 Å². The van der Waals surface area contributed by atoms with Crippen LogP contribution in [0.3, 0.4) is 0 Å². The number of hydrogen-bond donors (Lipinski definition) is 1. The average Bonchev–Trinajstić information content (AvgIpc) is 2.69. The first kappa shape index (κ1) is 15.9. The summed E-state index contributed by atoms with van der Waals surface area (Å²) in [5.41, 5.74) is 13.4. The number of hydrogen-bond acceptors (Lipinski definition) is 2. The van der Waals surface area contributed by atoms with E-state index in [1.165, 1.54) is 37.6 Å². The van der Waals surface area contributed by atoms with Crippen LogP contribution in [0.1, 0.15) is 36.5 Å². The SMILES string of the molecule is Cc1cc(Sc2ccc(N)cc2)c2c(C)ccc(C(C)C)cc1-2. The summed E-state index contributed by atoms with van der Waals surface area (Å²) in [5.74, 6) is 0.535. The molecule has 0 amide bonds. The van der Waals surface area contributed by atoms with Crippen molar-refractivity contribution in [3.8, 4) is 11.1 Å². The summed E-state index contributed by atoms with van der Waals surface area (Å²) < 4.78 is 0. The van der Waals surface area contributed by atoms with Crippen molar-refractivity contribution in [2.24, 2.45) is 0 Å². The van der Waals surface area contributed by atoms with Crippen molar-refractivity contribution in [1.29, 1.82) is 0 Å². The van der Waals surface area contributed by atoms with E-state index in [-0.39, 0.29) is 0 Å². The fraction of sp³-hybridized carbons (Fsp3) is 0.238. The number of benzene rings is 1. The first-order valence-electron chi connectivity index (χ1n) is 8.03. The second kappa shape index (κ2) is 6.29. The van der Waals surface area contributed by atoms with Crippen molar-refractivity contribution in [1.82, 2.24) is 0 Å². The predicted octanol–water partition coefficient (Wildman–Crippen LogP) is 6.27. The van der Waals surface area contributed by atoms with Gasteiger partial charge in [-0.1, -0.05) is 43.8 Å². The number of rotatable bonds is 3. The molecule has 3 rings (SSSR count). The van der Waals surface area contributed by atoms with Gasteiger partial charge >= 0.3 is 0 Å². The van der Waals surface area contributed by atoms with Crippen LogP contribution < -0.4 is 5.73 Å². The van der Waals surface area contributed by atoms with Gasteiger partial charge in [0.15, 0.2) is 0 Å². The van der Waals surface area contributed by atoms with Gasteiger partial charge in [-0.15, -0.1) is 0 Å². The molecule has 0 atom stereocenters. The van der Waals surface area contributed by atoms with Gasteiger partial charge in [0.05, 0.1) is 0 Å². The van der Waals surface area contributed by atoms with Crippen LogP contribution in [0.4, 0.5) is 5.69 Å². The first-order valence-corrected chi connectivity index (χ1v) is 8.84. The molecule has 1 nitrogen and oxygen atoms in total. The van der Waals surface area contributed by atoms with E-state index in [0.717, 1.165) is 5.69 Å². The highest BCUT2D eigenvalue weighted by Crippen LogP contribution is 2.43. The van der Waals surface area contributed by atoms with Gasteiger partial charge in [0.25, 0.3) is 0 Å². The van der Waals surface area contributed by atoms with E-state index in [4.69, 9.17) is 5.73 Å². The normalized spacial score (nSPS) is 11.3. The molecule has 0 aliphatic heterocycles. The molecule has 0 saturated carbocycles. The summed E-state index contributed by atoms with van der Waals surface area (Å²) in [6, 6.07) is 17.3. The summed E-state index contributed by atoms with van der Waals surface area (Å²) in [5, 5.41) is 0. The minimum Gasteiger partial charge on any atom is -0.399 e. The monoisotopic (exact) mass is 321 g/mol. The van der Waals surface area contributed by atoms with Gasteiger partial charge in [0.2, 0.25) is 0 Å². The zero-order chi connectivity index (χ0) is 16.6. The van der Waals surface area contributed by atoms with Gasteiger partial charge < -0.3 is 5.73 Å². The van der Waals surface area contributed by atoms with Crippen LogP contribution in [-0.4, -0.2) is 0 Å². The number of nitrogens with two attached hydrogens (primary N) is 1. The van der Waals surface area contributed by atoms with Crippen molar-refractivity contribution in [3.63, 3.8) is 0 Å². The Balaban J connectivity index is 2.09. The predicted molar refractivity (Wildman–Crippen MR) is 102 cm³/mol. The van der Waals surface area contributed by atoms with E-state index in [0.29, 0.717) is 5.92 Å². The minimum absolute atomic E-state index is 0.535. The molecule has 0 heterocycles. The maximum atomic E-state index is 5.79. The Bertz CT molecular complexity index is 803. The molecule has 2 N–H and O–H groups in total. The Morgan fingerprint density at radius 3 is 2.22 bits per heavy atom. The zero-order valence-electron chi connectivity index (χ0n) is 14.2. The van der Waals surface area contributed by atoms with Gasteiger partial charge in [0.1, 0.15) is 0 Å². The van der Waals surface area contributed by atoms with Crippen molar-refractivity contribution < 1.29 is 0 Å². The highest BCUT2D eigenvalue weighted by molar-refractivity contribution is 7.99. The Hall–Kier alpha value is -1.93. The molecule has 0 aromatic heterocycles. The molecule has 0 bridgehead atoms. The lowest BCUT2D eigenvalue weighted by Gasteiger charge is -2.06. The van der Waals surface area contributed by atoms with Crippen LogP contribution in [0.2, 0.25) is 0 Å². The Labute approximate surface area is 143 Å². The fourth-order valence-corrected chi connectivity index (χ4v) is 4.03. The van der Waals surface area contributed by atoms with Gasteiger partial charge in [-0.25, -0.2) is 0 Å². The van der Waals surface area contributed by atoms with Crippen LogP contribution in [0, 0.1) is 13.8 Å². The maximum Gasteiger partial charge on any atom is 0.0314 e. The van der Waals surface area contributed by atoms with Crippen LogP contribution in [0.5, 0.6) is 0 Å². The zero-order valence-corrected chi connectivity index (χ0v) is 15.0. The first-order chi connectivity index (χ1) is 11.0. The summed E-state index contributed by atoms with van der Waals surface area (Å²) in [6.07, 6.45) is 0. The quantitative estimate of drug-likeness (QED) is 0.576. The van der Waals surface area contributed by atoms with E-state index in [9.17, 15) is 0 Å². The van der Waals surface area contributed by atoms with Crippen molar-refractivity contribution >= 4 is 17.4 Å². The Morgan fingerprint density at radius 1 is 0.870 bits per heavy atom. The standard InChI is InChI=1S/C21H23NS/c1-13(2)16-6-5-14(3)21-19(12-16)15(4)11-20(21)23-18-9-7-17(22)8-10-18/h5-13H,22H2,1-4H3. The van der Waals surface area contributed by atoms with Crippen molar-refractivity contribution in [3.05, 3.63) is 65.2 Å². The van der Waals surface area contributed by atoms with E-state index >= 15 is 0 Å². The molecule has 23 heavy (non-hydrogen) atoms. The molecule has 1 aromatic rings. The van der Waals surface area contributed by atoms with Crippen LogP contribution in [-0.2, 0) is 0 Å². The summed E-state index contributed by atoms with van der Waals surface area (Å²) in [4.78, 5) is 2.55. The van der Waals surface area contributed by atoms with Crippen molar-refractivity contribution in [2.75, 3.05) is 5.73 Å². The lowest BCUT2D eigenvalue weighted by molar-refractivity contribution is 0.868. The molecule has 0 radical (unpaired) electrons. The van der Waals surface area contributed by atoms with Gasteiger partial charge in [-0.3, -0.25) is 0 Å². The van der Waals surface area contributed by atoms with Gasteiger partial charge in [-0.05, 0) is 77.9 Å². The van der Waals surface area contributed by atoms with E-state index < -0.39 is 0 Å². The van der Waals surface area contributed by atoms with Crippen molar-refractivity contribution in [2.45, 2.75) is 43.4 Å². The molecule has 0 spiro atoms. The molecular weight excluding hydrogens is 298 g/mol. The average molecular weight is 321 g/mol. The Morgan fingerprint density at radius 2 is 1.57 bits per heavy atom. The third-order valence-corrected chi connectivity index (χ3v) is 5.34. The van der Waals surface area contributed by atoms with E-state index in [1.807, 2.05) is 23.9 Å². The summed E-state index contributed by atoms with van der Waals surface area (Å²) >= 11 is 1.81. The largest absolute Gasteiger partial charge is 0.399 e. The molecule has 2 heteroatoms. The number of aryl methyl sites for hydroxylation is 2. The fourth-order valence-electron chi connectivity index (χ4n) is 2.89. The summed E-state index contributed by atoms with van der Waals surface area (Å²) in [6.45, 7) is 8.91. The van der Waals surface area contributed by atoms with E-state index in [1.54, 1.807) is 0 Å². The molecule has 0 saturated heterocycles. The highest BCUT2D eigenvalue weighted by Gasteiger charge is 2.17. The molecule has 118 valence electrons. The minimum atomic E-state index is 0.535. The second-order valence-electron chi connectivity index (χ2n) is 6.47. The third kappa shape index (κ3) is 3.23. The number of nitrogen functional groups attached to an aromatic ring is 1. The molecule has 2 aliphatic carbocycles. The second-order valence-corrected chi connectivity index (χ2v) is 7.58. The topological polar surface area (TPSA) is 26.0 Å². The molecular formula is C21H23NS. The number of fused-ring (bicyclic) bond motifs is 1. The van der Waals surface area contributed by atoms with Crippen LogP contribution in [0.15, 0.2) is 58.3 Å². The summed E-state index contributed by atoms with van der Waals surface area (Å²) in [7, 11) is 0. The lowest BCUT2D eigenvalue weighted by Crippen LogP contribution is -1.84. The lowest BCUT2D eigenvalue weighted by atomic mass is 10.0. The molecule has 2 aliphatic rings. The maximum absolute atomic E-state index is 5.79. The highest BCUT2D eigenvalue weighted by atomic mass is 32.2. The smallest absolute Gasteiger partial charge is 0.0314 e. The van der Waals surface area contributed by atoms with Gasteiger partial charge in [0, 0.05) is 15.5 Å². The van der Waals surface area contributed by atoms with E-state index in [2.05, 4.69) is 64.1 Å². The van der Waals surface area contributed by atoms with Crippen LogP contribution >= 0.6 is 11.8 Å². The Kier molecular flexibility index (Phi) is 4.36.